The summed E-state index contributed by atoms with van der Waals surface area (Å²) in [6.45, 7) is 10.8. The number of rotatable bonds is 8. The van der Waals surface area contributed by atoms with Gasteiger partial charge in [0.2, 0.25) is 0 Å². The molecule has 108 valence electrons. The fourth-order valence-corrected chi connectivity index (χ4v) is 2.57. The molecule has 0 heterocycles. The van der Waals surface area contributed by atoms with Gasteiger partial charge in [0.25, 0.3) is 0 Å². The normalized spacial score (nSPS) is 28.8. The van der Waals surface area contributed by atoms with E-state index in [2.05, 4.69) is 13.8 Å². The lowest BCUT2D eigenvalue weighted by atomic mass is 9.80. The van der Waals surface area contributed by atoms with Gasteiger partial charge in [-0.2, -0.15) is 0 Å². The fourth-order valence-electron chi connectivity index (χ4n) is 2.57. The summed E-state index contributed by atoms with van der Waals surface area (Å²) >= 11 is 0. The molecule has 0 aromatic heterocycles. The van der Waals surface area contributed by atoms with Crippen LogP contribution in [0.5, 0.6) is 0 Å². The Morgan fingerprint density at radius 3 is 2.22 bits per heavy atom. The van der Waals surface area contributed by atoms with Crippen LogP contribution < -0.4 is 0 Å². The number of hydrogen-bond acceptors (Lipinski definition) is 3. The summed E-state index contributed by atoms with van der Waals surface area (Å²) in [5.41, 5.74) is 0. The van der Waals surface area contributed by atoms with Crippen molar-refractivity contribution < 1.29 is 14.2 Å². The predicted molar refractivity (Wildman–Crippen MR) is 73.6 cm³/mol. The minimum Gasteiger partial charge on any atom is -0.378 e. The predicted octanol–water partition coefficient (Wildman–Crippen LogP) is 3.62. The Bertz CT molecular complexity index is 202. The van der Waals surface area contributed by atoms with Crippen molar-refractivity contribution in [2.75, 3.05) is 19.8 Å². The SMILES string of the molecule is CCOC(CCOC1CCC(C)C(C)C1)OCC. The molecule has 0 amide bonds. The lowest BCUT2D eigenvalue weighted by molar-refractivity contribution is -0.150. The Kier molecular flexibility index (Phi) is 7.87. The molecule has 1 rings (SSSR count). The van der Waals surface area contributed by atoms with Crippen molar-refractivity contribution >= 4 is 0 Å². The first-order valence-corrected chi connectivity index (χ1v) is 7.52. The summed E-state index contributed by atoms with van der Waals surface area (Å²) in [6.07, 6.45) is 4.89. The number of ether oxygens (including phenoxy) is 3. The summed E-state index contributed by atoms with van der Waals surface area (Å²) < 4.78 is 17.0. The van der Waals surface area contributed by atoms with Crippen LogP contribution in [0.15, 0.2) is 0 Å². The first-order valence-electron chi connectivity index (χ1n) is 7.52. The van der Waals surface area contributed by atoms with E-state index in [0.29, 0.717) is 19.3 Å². The number of hydrogen-bond donors (Lipinski definition) is 0. The van der Waals surface area contributed by atoms with Crippen molar-refractivity contribution in [3.05, 3.63) is 0 Å². The Hall–Kier alpha value is -0.120. The molecule has 1 fully saturated rings. The molecule has 0 N–H and O–H groups in total. The molecule has 18 heavy (non-hydrogen) atoms. The molecule has 3 heteroatoms. The Balaban J connectivity index is 2.16. The van der Waals surface area contributed by atoms with Gasteiger partial charge in [0.15, 0.2) is 6.29 Å². The van der Waals surface area contributed by atoms with Crippen LogP contribution in [0.4, 0.5) is 0 Å². The fraction of sp³-hybridized carbons (Fsp3) is 1.00. The minimum absolute atomic E-state index is 0.0973. The van der Waals surface area contributed by atoms with Crippen LogP contribution in [-0.4, -0.2) is 32.2 Å². The monoisotopic (exact) mass is 258 g/mol. The summed E-state index contributed by atoms with van der Waals surface area (Å²) in [4.78, 5) is 0. The molecule has 3 unspecified atom stereocenters. The van der Waals surface area contributed by atoms with E-state index in [1.54, 1.807) is 0 Å². The van der Waals surface area contributed by atoms with Gasteiger partial charge in [-0.15, -0.1) is 0 Å². The van der Waals surface area contributed by atoms with Crippen LogP contribution >= 0.6 is 0 Å². The molecular weight excluding hydrogens is 228 g/mol. The van der Waals surface area contributed by atoms with E-state index < -0.39 is 0 Å². The Morgan fingerprint density at radius 1 is 1.00 bits per heavy atom. The summed E-state index contributed by atoms with van der Waals surface area (Å²) in [5.74, 6) is 1.64. The van der Waals surface area contributed by atoms with Gasteiger partial charge in [-0.05, 0) is 44.9 Å². The van der Waals surface area contributed by atoms with Crippen molar-refractivity contribution in [3.8, 4) is 0 Å². The van der Waals surface area contributed by atoms with Crippen molar-refractivity contribution in [2.24, 2.45) is 11.8 Å². The second kappa shape index (κ2) is 8.89. The smallest absolute Gasteiger partial charge is 0.159 e. The van der Waals surface area contributed by atoms with E-state index >= 15 is 0 Å². The van der Waals surface area contributed by atoms with Crippen molar-refractivity contribution in [1.29, 1.82) is 0 Å². The third kappa shape index (κ3) is 5.68. The molecule has 0 aromatic rings. The second-order valence-corrected chi connectivity index (χ2v) is 5.39. The first-order chi connectivity index (χ1) is 8.67. The quantitative estimate of drug-likeness (QED) is 0.622. The highest BCUT2D eigenvalue weighted by Gasteiger charge is 2.25. The molecular formula is C15H30O3. The van der Waals surface area contributed by atoms with E-state index in [-0.39, 0.29) is 6.29 Å². The summed E-state index contributed by atoms with van der Waals surface area (Å²) in [5, 5.41) is 0. The summed E-state index contributed by atoms with van der Waals surface area (Å²) in [7, 11) is 0. The standard InChI is InChI=1S/C15H30O3/c1-5-16-15(17-6-2)9-10-18-14-8-7-12(3)13(4)11-14/h12-15H,5-11H2,1-4H3. The van der Waals surface area contributed by atoms with Crippen LogP contribution in [0.2, 0.25) is 0 Å². The van der Waals surface area contributed by atoms with Gasteiger partial charge in [-0.1, -0.05) is 13.8 Å². The van der Waals surface area contributed by atoms with Crippen LogP contribution in [0, 0.1) is 11.8 Å². The van der Waals surface area contributed by atoms with Gasteiger partial charge in [0.1, 0.15) is 0 Å². The van der Waals surface area contributed by atoms with Crippen molar-refractivity contribution in [1.82, 2.24) is 0 Å². The van der Waals surface area contributed by atoms with Gasteiger partial charge in [0.05, 0.1) is 12.7 Å². The molecule has 3 atom stereocenters. The molecule has 0 bridgehead atoms. The maximum Gasteiger partial charge on any atom is 0.159 e. The Morgan fingerprint density at radius 2 is 1.67 bits per heavy atom. The zero-order valence-electron chi connectivity index (χ0n) is 12.5. The Labute approximate surface area is 112 Å². The molecule has 0 saturated heterocycles. The first kappa shape index (κ1) is 15.9. The van der Waals surface area contributed by atoms with Gasteiger partial charge in [-0.3, -0.25) is 0 Å². The van der Waals surface area contributed by atoms with Gasteiger partial charge >= 0.3 is 0 Å². The summed E-state index contributed by atoms with van der Waals surface area (Å²) in [6, 6.07) is 0. The molecule has 0 radical (unpaired) electrons. The van der Waals surface area contributed by atoms with Crippen LogP contribution in [0.1, 0.15) is 53.4 Å². The second-order valence-electron chi connectivity index (χ2n) is 5.39. The third-order valence-electron chi connectivity index (χ3n) is 3.96. The molecule has 1 aliphatic carbocycles. The molecule has 0 aliphatic heterocycles. The van der Waals surface area contributed by atoms with E-state index in [1.807, 2.05) is 13.8 Å². The average molecular weight is 258 g/mol. The third-order valence-corrected chi connectivity index (χ3v) is 3.96. The minimum atomic E-state index is -0.0973. The van der Waals surface area contributed by atoms with Gasteiger partial charge in [-0.25, -0.2) is 0 Å². The zero-order chi connectivity index (χ0) is 13.4. The van der Waals surface area contributed by atoms with Crippen LogP contribution in [0.3, 0.4) is 0 Å². The van der Waals surface area contributed by atoms with Gasteiger partial charge in [0, 0.05) is 19.6 Å². The van der Waals surface area contributed by atoms with E-state index in [1.165, 1.54) is 19.3 Å². The van der Waals surface area contributed by atoms with E-state index in [0.717, 1.165) is 24.9 Å². The molecule has 0 spiro atoms. The van der Waals surface area contributed by atoms with E-state index in [4.69, 9.17) is 14.2 Å². The zero-order valence-corrected chi connectivity index (χ0v) is 12.5. The topological polar surface area (TPSA) is 27.7 Å². The highest BCUT2D eigenvalue weighted by atomic mass is 16.7. The molecule has 3 nitrogen and oxygen atoms in total. The maximum absolute atomic E-state index is 5.96. The van der Waals surface area contributed by atoms with Gasteiger partial charge < -0.3 is 14.2 Å². The molecule has 1 saturated carbocycles. The maximum atomic E-state index is 5.96. The van der Waals surface area contributed by atoms with Crippen molar-refractivity contribution in [2.45, 2.75) is 65.8 Å². The molecule has 0 aromatic carbocycles. The highest BCUT2D eigenvalue weighted by molar-refractivity contribution is 4.75. The van der Waals surface area contributed by atoms with Crippen molar-refractivity contribution in [3.63, 3.8) is 0 Å². The largest absolute Gasteiger partial charge is 0.378 e. The lowest BCUT2D eigenvalue weighted by Gasteiger charge is -2.32. The van der Waals surface area contributed by atoms with Crippen LogP contribution in [0.25, 0.3) is 0 Å². The molecule has 1 aliphatic rings. The average Bonchev–Trinajstić information content (AvgIpc) is 2.34. The lowest BCUT2D eigenvalue weighted by Crippen LogP contribution is -2.28. The highest BCUT2D eigenvalue weighted by Crippen LogP contribution is 2.30. The van der Waals surface area contributed by atoms with E-state index in [9.17, 15) is 0 Å². The van der Waals surface area contributed by atoms with Crippen LogP contribution in [-0.2, 0) is 14.2 Å².